The Labute approximate surface area is 120 Å². The van der Waals surface area contributed by atoms with Crippen molar-refractivity contribution in [3.63, 3.8) is 0 Å². The van der Waals surface area contributed by atoms with Gasteiger partial charge in [0, 0.05) is 22.0 Å². The van der Waals surface area contributed by atoms with Gasteiger partial charge in [0.05, 0.1) is 6.04 Å². The van der Waals surface area contributed by atoms with E-state index in [1.807, 2.05) is 23.5 Å². The minimum Gasteiger partial charge on any atom is -0.271 e. The van der Waals surface area contributed by atoms with Crippen molar-refractivity contribution in [3.8, 4) is 0 Å². The van der Waals surface area contributed by atoms with E-state index in [4.69, 9.17) is 5.84 Å². The SMILES string of the molecule is CCC1SCCSC1C(NN)c1ccc(F)c(F)c1. The standard InChI is InChI=1S/C13H18F2N2S2/c1-2-11-13(19-6-5-18-11)12(17-16)8-3-4-9(14)10(15)7-8/h3-4,7,11-13,17H,2,5-6,16H2,1H3. The number of hydrogen-bond acceptors (Lipinski definition) is 4. The zero-order chi connectivity index (χ0) is 13.8. The van der Waals surface area contributed by atoms with Gasteiger partial charge in [-0.3, -0.25) is 11.3 Å². The van der Waals surface area contributed by atoms with Gasteiger partial charge in [0.15, 0.2) is 11.6 Å². The summed E-state index contributed by atoms with van der Waals surface area (Å²) < 4.78 is 26.4. The fourth-order valence-corrected chi connectivity index (χ4v) is 5.57. The van der Waals surface area contributed by atoms with Crippen molar-refractivity contribution in [3.05, 3.63) is 35.4 Å². The van der Waals surface area contributed by atoms with Gasteiger partial charge in [-0.05, 0) is 24.1 Å². The quantitative estimate of drug-likeness (QED) is 0.662. The number of benzene rings is 1. The van der Waals surface area contributed by atoms with Gasteiger partial charge >= 0.3 is 0 Å². The summed E-state index contributed by atoms with van der Waals surface area (Å²) in [5.74, 6) is 6.21. The van der Waals surface area contributed by atoms with E-state index in [9.17, 15) is 8.78 Å². The highest BCUT2D eigenvalue weighted by atomic mass is 32.2. The molecule has 0 saturated carbocycles. The maximum atomic E-state index is 13.4. The van der Waals surface area contributed by atoms with Gasteiger partial charge in [-0.1, -0.05) is 13.0 Å². The molecule has 1 heterocycles. The highest BCUT2D eigenvalue weighted by molar-refractivity contribution is 8.07. The molecule has 1 aliphatic rings. The van der Waals surface area contributed by atoms with Crippen LogP contribution < -0.4 is 11.3 Å². The van der Waals surface area contributed by atoms with Crippen LogP contribution in [-0.4, -0.2) is 22.0 Å². The Hall–Kier alpha value is -0.300. The van der Waals surface area contributed by atoms with Crippen molar-refractivity contribution in [1.82, 2.24) is 5.43 Å². The van der Waals surface area contributed by atoms with E-state index in [1.54, 1.807) is 6.07 Å². The Morgan fingerprint density at radius 2 is 2.05 bits per heavy atom. The van der Waals surface area contributed by atoms with Gasteiger partial charge in [-0.15, -0.1) is 0 Å². The lowest BCUT2D eigenvalue weighted by atomic mass is 10.0. The van der Waals surface area contributed by atoms with Crippen LogP contribution in [0.2, 0.25) is 0 Å². The summed E-state index contributed by atoms with van der Waals surface area (Å²) in [7, 11) is 0. The zero-order valence-electron chi connectivity index (χ0n) is 10.7. The lowest BCUT2D eigenvalue weighted by molar-refractivity contribution is 0.488. The molecule has 2 rings (SSSR count). The Balaban J connectivity index is 2.24. The number of thioether (sulfide) groups is 2. The molecule has 0 radical (unpaired) electrons. The summed E-state index contributed by atoms with van der Waals surface area (Å²) in [5, 5.41) is 0.756. The molecule has 0 bridgehead atoms. The third-order valence-electron chi connectivity index (χ3n) is 3.31. The first-order chi connectivity index (χ1) is 9.17. The maximum absolute atomic E-state index is 13.4. The summed E-state index contributed by atoms with van der Waals surface area (Å²) in [6.45, 7) is 2.15. The van der Waals surface area contributed by atoms with E-state index < -0.39 is 11.6 Å². The van der Waals surface area contributed by atoms with E-state index >= 15 is 0 Å². The molecule has 0 spiro atoms. The molecular formula is C13H18F2N2S2. The van der Waals surface area contributed by atoms with Gasteiger partial charge in [-0.25, -0.2) is 8.78 Å². The highest BCUT2D eigenvalue weighted by Crippen LogP contribution is 2.40. The van der Waals surface area contributed by atoms with Crippen LogP contribution in [0.1, 0.15) is 24.9 Å². The minimum absolute atomic E-state index is 0.155. The molecule has 0 aromatic heterocycles. The molecule has 3 N–H and O–H groups in total. The number of nitrogens with one attached hydrogen (secondary N) is 1. The Bertz CT molecular complexity index is 431. The zero-order valence-corrected chi connectivity index (χ0v) is 12.4. The minimum atomic E-state index is -0.822. The summed E-state index contributed by atoms with van der Waals surface area (Å²) in [5.41, 5.74) is 3.48. The van der Waals surface area contributed by atoms with E-state index in [0.717, 1.165) is 24.0 Å². The summed E-state index contributed by atoms with van der Waals surface area (Å²) in [6, 6.07) is 3.86. The molecule has 19 heavy (non-hydrogen) atoms. The largest absolute Gasteiger partial charge is 0.271 e. The average molecular weight is 304 g/mol. The third-order valence-corrected chi connectivity index (χ3v) is 6.66. The van der Waals surface area contributed by atoms with Gasteiger partial charge in [0.1, 0.15) is 0 Å². The van der Waals surface area contributed by atoms with Crippen molar-refractivity contribution in [2.75, 3.05) is 11.5 Å². The first-order valence-corrected chi connectivity index (χ1v) is 8.41. The second-order valence-corrected chi connectivity index (χ2v) is 7.10. The topological polar surface area (TPSA) is 38.0 Å². The van der Waals surface area contributed by atoms with Crippen LogP contribution in [0.3, 0.4) is 0 Å². The van der Waals surface area contributed by atoms with Gasteiger partial charge in [-0.2, -0.15) is 23.5 Å². The van der Waals surface area contributed by atoms with Crippen molar-refractivity contribution in [1.29, 1.82) is 0 Å². The van der Waals surface area contributed by atoms with Crippen molar-refractivity contribution in [2.24, 2.45) is 5.84 Å². The maximum Gasteiger partial charge on any atom is 0.159 e. The summed E-state index contributed by atoms with van der Waals surface area (Å²) in [6.07, 6.45) is 1.05. The van der Waals surface area contributed by atoms with E-state index in [1.165, 1.54) is 6.07 Å². The molecule has 1 aliphatic heterocycles. The molecular weight excluding hydrogens is 286 g/mol. The normalized spacial score (nSPS) is 25.3. The van der Waals surface area contributed by atoms with E-state index in [0.29, 0.717) is 10.8 Å². The molecule has 106 valence electrons. The molecule has 3 atom stereocenters. The fourth-order valence-electron chi connectivity index (χ4n) is 2.33. The van der Waals surface area contributed by atoms with Crippen molar-refractivity contribution < 1.29 is 8.78 Å². The molecule has 0 aliphatic carbocycles. The van der Waals surface area contributed by atoms with Gasteiger partial charge < -0.3 is 0 Å². The average Bonchev–Trinajstić information content (AvgIpc) is 2.44. The molecule has 0 amide bonds. The van der Waals surface area contributed by atoms with Crippen molar-refractivity contribution >= 4 is 23.5 Å². The van der Waals surface area contributed by atoms with Crippen LogP contribution >= 0.6 is 23.5 Å². The first kappa shape index (κ1) is 15.1. The number of halogens is 2. The molecule has 1 aromatic carbocycles. The summed E-state index contributed by atoms with van der Waals surface area (Å²) >= 11 is 3.79. The second kappa shape index (κ2) is 6.92. The van der Waals surface area contributed by atoms with E-state index in [2.05, 4.69) is 12.3 Å². The third kappa shape index (κ3) is 3.42. The van der Waals surface area contributed by atoms with Crippen LogP contribution in [0.15, 0.2) is 18.2 Å². The number of nitrogens with two attached hydrogens (primary N) is 1. The molecule has 3 unspecified atom stereocenters. The summed E-state index contributed by atoms with van der Waals surface area (Å²) in [4.78, 5) is 0. The first-order valence-electron chi connectivity index (χ1n) is 6.31. The monoisotopic (exact) mass is 304 g/mol. The Kier molecular flexibility index (Phi) is 5.50. The lowest BCUT2D eigenvalue weighted by Gasteiger charge is -2.35. The second-order valence-electron chi connectivity index (χ2n) is 4.47. The van der Waals surface area contributed by atoms with Gasteiger partial charge in [0.2, 0.25) is 0 Å². The number of hydrogen-bond donors (Lipinski definition) is 2. The Morgan fingerprint density at radius 1 is 1.32 bits per heavy atom. The molecule has 1 saturated heterocycles. The lowest BCUT2D eigenvalue weighted by Crippen LogP contribution is -2.41. The molecule has 1 aromatic rings. The number of hydrazine groups is 1. The van der Waals surface area contributed by atoms with Crippen molar-refractivity contribution in [2.45, 2.75) is 29.9 Å². The van der Waals surface area contributed by atoms with Crippen LogP contribution in [0.4, 0.5) is 8.78 Å². The van der Waals surface area contributed by atoms with E-state index in [-0.39, 0.29) is 11.3 Å². The fraction of sp³-hybridized carbons (Fsp3) is 0.538. The molecule has 1 fully saturated rings. The molecule has 6 heteroatoms. The number of rotatable bonds is 4. The van der Waals surface area contributed by atoms with Crippen LogP contribution in [0.25, 0.3) is 0 Å². The molecule has 2 nitrogen and oxygen atoms in total. The Morgan fingerprint density at radius 3 is 2.68 bits per heavy atom. The van der Waals surface area contributed by atoms with Gasteiger partial charge in [0.25, 0.3) is 0 Å². The van der Waals surface area contributed by atoms with Crippen LogP contribution in [-0.2, 0) is 0 Å². The smallest absolute Gasteiger partial charge is 0.159 e. The highest BCUT2D eigenvalue weighted by Gasteiger charge is 2.32. The predicted molar refractivity (Wildman–Crippen MR) is 79.2 cm³/mol. The van der Waals surface area contributed by atoms with Crippen LogP contribution in [0.5, 0.6) is 0 Å². The predicted octanol–water partition coefficient (Wildman–Crippen LogP) is 3.10. The van der Waals surface area contributed by atoms with Crippen LogP contribution in [0, 0.1) is 11.6 Å².